The van der Waals surface area contributed by atoms with Gasteiger partial charge in [-0.25, -0.2) is 4.98 Å². The molecule has 0 spiro atoms. The summed E-state index contributed by atoms with van der Waals surface area (Å²) in [6, 6.07) is 4.27. The molecule has 0 aliphatic heterocycles. The van der Waals surface area contributed by atoms with E-state index < -0.39 is 0 Å². The molecule has 4 rings (SSSR count). The van der Waals surface area contributed by atoms with E-state index in [0.717, 1.165) is 40.7 Å². The first-order valence-corrected chi connectivity index (χ1v) is 8.12. The number of hydrogen-bond acceptors (Lipinski definition) is 4. The summed E-state index contributed by atoms with van der Waals surface area (Å²) in [6.07, 6.45) is 2.55. The smallest absolute Gasteiger partial charge is 0.160 e. The lowest BCUT2D eigenvalue weighted by Gasteiger charge is -2.19. The molecule has 0 amide bonds. The molecule has 0 bridgehead atoms. The fourth-order valence-corrected chi connectivity index (χ4v) is 2.99. The zero-order valence-corrected chi connectivity index (χ0v) is 14.1. The van der Waals surface area contributed by atoms with Gasteiger partial charge < -0.3 is 4.90 Å². The van der Waals surface area contributed by atoms with E-state index in [4.69, 9.17) is 0 Å². The van der Waals surface area contributed by atoms with Gasteiger partial charge in [0.2, 0.25) is 0 Å². The monoisotopic (exact) mass is 310 g/mol. The Bertz CT molecular complexity index is 871. The third kappa shape index (κ3) is 2.48. The highest BCUT2D eigenvalue weighted by molar-refractivity contribution is 5.56. The van der Waals surface area contributed by atoms with Crippen molar-refractivity contribution in [2.45, 2.75) is 46.1 Å². The van der Waals surface area contributed by atoms with Crippen molar-refractivity contribution in [3.8, 4) is 0 Å². The van der Waals surface area contributed by atoms with E-state index in [2.05, 4.69) is 51.3 Å². The maximum atomic E-state index is 4.65. The summed E-state index contributed by atoms with van der Waals surface area (Å²) >= 11 is 0. The molecule has 1 N–H and O–H groups in total. The predicted octanol–water partition coefficient (Wildman–Crippen LogP) is 2.89. The molecule has 0 radical (unpaired) electrons. The van der Waals surface area contributed by atoms with Gasteiger partial charge in [-0.2, -0.15) is 14.7 Å². The van der Waals surface area contributed by atoms with Gasteiger partial charge in [-0.3, -0.25) is 5.10 Å². The first kappa shape index (κ1) is 14.2. The van der Waals surface area contributed by atoms with E-state index in [9.17, 15) is 0 Å². The molecule has 3 aromatic rings. The summed E-state index contributed by atoms with van der Waals surface area (Å²) in [5.74, 6) is 1.72. The third-order valence-corrected chi connectivity index (χ3v) is 4.61. The van der Waals surface area contributed by atoms with Crippen molar-refractivity contribution in [2.75, 3.05) is 11.9 Å². The largest absolute Gasteiger partial charge is 0.354 e. The van der Waals surface area contributed by atoms with Gasteiger partial charge in [-0.05, 0) is 39.7 Å². The van der Waals surface area contributed by atoms with Crippen LogP contribution in [0.3, 0.4) is 0 Å². The predicted molar refractivity (Wildman–Crippen MR) is 89.9 cm³/mol. The van der Waals surface area contributed by atoms with Crippen molar-refractivity contribution in [1.82, 2.24) is 24.8 Å². The van der Waals surface area contributed by atoms with Crippen LogP contribution in [0, 0.1) is 20.8 Å². The highest BCUT2D eigenvalue weighted by atomic mass is 15.3. The van der Waals surface area contributed by atoms with Gasteiger partial charge in [-0.1, -0.05) is 0 Å². The molecular weight excluding hydrogens is 288 g/mol. The van der Waals surface area contributed by atoms with Crippen LogP contribution in [0.4, 0.5) is 5.82 Å². The zero-order chi connectivity index (χ0) is 16.1. The fraction of sp³-hybridized carbons (Fsp3) is 0.471. The van der Waals surface area contributed by atoms with E-state index in [-0.39, 0.29) is 0 Å². The molecule has 0 unspecified atom stereocenters. The Kier molecular flexibility index (Phi) is 3.14. The SMILES string of the molecule is Cc1cc(N(C)Cc2cc(C3CC3)n[nH]2)n2nc(C)c(C)c2n1. The molecule has 6 nitrogen and oxygen atoms in total. The standard InChI is InChI=1S/C17H22N6/c1-10-7-16(23-17(18-10)11(2)12(3)21-23)22(4)9-14-8-15(20-19-14)13-5-6-13/h7-8,13H,5-6,9H2,1-4H3,(H,19,20). The molecule has 23 heavy (non-hydrogen) atoms. The summed E-state index contributed by atoms with van der Waals surface area (Å²) in [4.78, 5) is 6.83. The van der Waals surface area contributed by atoms with E-state index in [1.807, 2.05) is 18.4 Å². The number of anilines is 1. The molecule has 6 heteroatoms. The van der Waals surface area contributed by atoms with E-state index >= 15 is 0 Å². The lowest BCUT2D eigenvalue weighted by Crippen LogP contribution is -2.20. The Morgan fingerprint density at radius 2 is 2.04 bits per heavy atom. The minimum atomic E-state index is 0.677. The molecule has 1 fully saturated rings. The maximum Gasteiger partial charge on any atom is 0.160 e. The Hall–Kier alpha value is -2.37. The van der Waals surface area contributed by atoms with E-state index in [1.54, 1.807) is 0 Å². The Morgan fingerprint density at radius 3 is 2.78 bits per heavy atom. The molecule has 0 aromatic carbocycles. The first-order chi connectivity index (χ1) is 11.0. The van der Waals surface area contributed by atoms with Crippen molar-refractivity contribution >= 4 is 11.5 Å². The maximum absolute atomic E-state index is 4.65. The van der Waals surface area contributed by atoms with Crippen molar-refractivity contribution in [3.05, 3.63) is 40.5 Å². The molecule has 3 aromatic heterocycles. The molecule has 3 heterocycles. The lowest BCUT2D eigenvalue weighted by molar-refractivity contribution is 0.802. The molecule has 0 saturated heterocycles. The second-order valence-electron chi connectivity index (χ2n) is 6.65. The third-order valence-electron chi connectivity index (χ3n) is 4.61. The minimum Gasteiger partial charge on any atom is -0.354 e. The molecule has 1 aliphatic rings. The van der Waals surface area contributed by atoms with Gasteiger partial charge in [0, 0.05) is 30.3 Å². The topological polar surface area (TPSA) is 62.1 Å². The van der Waals surface area contributed by atoms with Gasteiger partial charge in [0.05, 0.1) is 23.6 Å². The van der Waals surface area contributed by atoms with Crippen LogP contribution in [-0.4, -0.2) is 31.8 Å². The van der Waals surface area contributed by atoms with Crippen LogP contribution in [0.5, 0.6) is 0 Å². The van der Waals surface area contributed by atoms with Gasteiger partial charge in [0.25, 0.3) is 0 Å². The molecule has 0 atom stereocenters. The molecule has 120 valence electrons. The Balaban J connectivity index is 1.67. The number of aromatic amines is 1. The summed E-state index contributed by atoms with van der Waals surface area (Å²) in [5.41, 5.74) is 6.45. The van der Waals surface area contributed by atoms with Crippen LogP contribution < -0.4 is 4.90 Å². The fourth-order valence-electron chi connectivity index (χ4n) is 2.99. The average molecular weight is 310 g/mol. The van der Waals surface area contributed by atoms with Crippen molar-refractivity contribution in [1.29, 1.82) is 0 Å². The van der Waals surface area contributed by atoms with Crippen LogP contribution in [0.15, 0.2) is 12.1 Å². The lowest BCUT2D eigenvalue weighted by atomic mass is 10.2. The zero-order valence-electron chi connectivity index (χ0n) is 14.1. The summed E-state index contributed by atoms with van der Waals surface area (Å²) in [7, 11) is 2.08. The second-order valence-corrected chi connectivity index (χ2v) is 6.65. The minimum absolute atomic E-state index is 0.677. The van der Waals surface area contributed by atoms with Gasteiger partial charge >= 0.3 is 0 Å². The number of aromatic nitrogens is 5. The van der Waals surface area contributed by atoms with Gasteiger partial charge in [0.1, 0.15) is 5.82 Å². The molecule has 1 aliphatic carbocycles. The number of H-pyrrole nitrogens is 1. The number of fused-ring (bicyclic) bond motifs is 1. The number of nitrogens with one attached hydrogen (secondary N) is 1. The molecular formula is C17H22N6. The van der Waals surface area contributed by atoms with Crippen molar-refractivity contribution in [3.63, 3.8) is 0 Å². The summed E-state index contributed by atoms with van der Waals surface area (Å²) in [5, 5.41) is 12.3. The van der Waals surface area contributed by atoms with E-state index in [1.165, 1.54) is 18.5 Å². The Morgan fingerprint density at radius 1 is 1.26 bits per heavy atom. The average Bonchev–Trinajstić information content (AvgIpc) is 3.21. The van der Waals surface area contributed by atoms with Gasteiger partial charge in [0.15, 0.2) is 5.65 Å². The van der Waals surface area contributed by atoms with Crippen molar-refractivity contribution in [2.24, 2.45) is 0 Å². The number of nitrogens with zero attached hydrogens (tertiary/aromatic N) is 5. The normalized spacial score (nSPS) is 14.6. The van der Waals surface area contributed by atoms with Crippen LogP contribution in [0.25, 0.3) is 5.65 Å². The van der Waals surface area contributed by atoms with Crippen LogP contribution in [0.1, 0.15) is 47.1 Å². The quantitative estimate of drug-likeness (QED) is 0.805. The summed E-state index contributed by atoms with van der Waals surface area (Å²) < 4.78 is 1.94. The first-order valence-electron chi connectivity index (χ1n) is 8.12. The highest BCUT2D eigenvalue weighted by Gasteiger charge is 2.26. The van der Waals surface area contributed by atoms with Crippen molar-refractivity contribution < 1.29 is 0 Å². The van der Waals surface area contributed by atoms with Crippen LogP contribution in [-0.2, 0) is 6.54 Å². The van der Waals surface area contributed by atoms with E-state index in [0.29, 0.717) is 5.92 Å². The second kappa shape index (κ2) is 5.08. The molecule has 1 saturated carbocycles. The van der Waals surface area contributed by atoms with Crippen LogP contribution in [0.2, 0.25) is 0 Å². The number of aryl methyl sites for hydroxylation is 3. The number of rotatable bonds is 4. The summed E-state index contributed by atoms with van der Waals surface area (Å²) in [6.45, 7) is 6.90. The van der Waals surface area contributed by atoms with Gasteiger partial charge in [-0.15, -0.1) is 0 Å². The Labute approximate surface area is 135 Å². The van der Waals surface area contributed by atoms with Crippen LogP contribution >= 0.6 is 0 Å². The highest BCUT2D eigenvalue weighted by Crippen LogP contribution is 2.39. The number of hydrogen-bond donors (Lipinski definition) is 1.